The Bertz CT molecular complexity index is 1290. The molecule has 16 nitrogen and oxygen atoms in total. The number of ether oxygens (including phenoxy) is 2. The maximum absolute atomic E-state index is 12.7. The van der Waals surface area contributed by atoms with Crippen LogP contribution in [0.15, 0.2) is 12.2 Å². The fourth-order valence-electron chi connectivity index (χ4n) is 7.02. The summed E-state index contributed by atoms with van der Waals surface area (Å²) in [5, 5.41) is 30.5. The summed E-state index contributed by atoms with van der Waals surface area (Å²) in [5.74, 6) is -1.07. The van der Waals surface area contributed by atoms with Crippen molar-refractivity contribution >= 4 is 33.4 Å². The largest absolute Gasteiger partial charge is 0.472 e. The topological polar surface area (TPSA) is 253 Å². The van der Waals surface area contributed by atoms with Crippen LogP contribution >= 0.6 is 15.6 Å². The molecule has 1 saturated carbocycles. The summed E-state index contributed by atoms with van der Waals surface area (Å²) in [6.07, 6.45) is 18.4. The van der Waals surface area contributed by atoms with Gasteiger partial charge >= 0.3 is 27.6 Å². The van der Waals surface area contributed by atoms with E-state index in [1.807, 2.05) is 0 Å². The molecular weight excluding hydrogens is 822 g/mol. The molecule has 1 fully saturated rings. The highest BCUT2D eigenvalue weighted by Crippen LogP contribution is 2.44. The van der Waals surface area contributed by atoms with E-state index in [-0.39, 0.29) is 36.9 Å². The minimum Gasteiger partial charge on any atom is -0.462 e. The van der Waals surface area contributed by atoms with Gasteiger partial charge in [0.25, 0.3) is 0 Å². The molecule has 0 radical (unpaired) electrons. The predicted molar refractivity (Wildman–Crippen MR) is 226 cm³/mol. The Labute approximate surface area is 358 Å². The number of esters is 2. The van der Waals surface area contributed by atoms with Gasteiger partial charge in [-0.3, -0.25) is 28.0 Å². The van der Waals surface area contributed by atoms with Crippen LogP contribution in [0.3, 0.4) is 0 Å². The van der Waals surface area contributed by atoms with E-state index in [1.165, 1.54) is 38.5 Å². The van der Waals surface area contributed by atoms with Crippen molar-refractivity contribution in [2.75, 3.05) is 26.4 Å². The van der Waals surface area contributed by atoms with Crippen LogP contribution in [0.4, 0.5) is 0 Å². The van der Waals surface area contributed by atoms with E-state index in [9.17, 15) is 43.7 Å². The van der Waals surface area contributed by atoms with Crippen molar-refractivity contribution in [2.45, 2.75) is 193 Å². The number of aliphatic hydroxyl groups excluding tert-OH is 3. The van der Waals surface area contributed by atoms with E-state index in [1.54, 1.807) is 12.2 Å². The predicted octanol–water partition coefficient (Wildman–Crippen LogP) is 7.79. The van der Waals surface area contributed by atoms with Crippen LogP contribution in [0, 0.1) is 17.8 Å². The fraction of sp³-hybridized carbons (Fsp3) is 0.881. The van der Waals surface area contributed by atoms with Crippen molar-refractivity contribution in [3.63, 3.8) is 0 Å². The van der Waals surface area contributed by atoms with Crippen molar-refractivity contribution in [3.05, 3.63) is 12.2 Å². The monoisotopic (exact) mass is 900 g/mol. The summed E-state index contributed by atoms with van der Waals surface area (Å²) in [4.78, 5) is 65.5. The second-order valence-corrected chi connectivity index (χ2v) is 19.3. The molecule has 1 unspecified atom stereocenters. The molecule has 7 atom stereocenters. The lowest BCUT2D eigenvalue weighted by molar-refractivity contribution is -0.161. The number of rotatable bonds is 38. The zero-order valence-corrected chi connectivity index (χ0v) is 38.2. The van der Waals surface area contributed by atoms with Crippen LogP contribution < -0.4 is 0 Å². The van der Waals surface area contributed by atoms with Crippen molar-refractivity contribution in [2.24, 2.45) is 17.8 Å². The second kappa shape index (κ2) is 33.0. The summed E-state index contributed by atoms with van der Waals surface area (Å²) in [5.41, 5.74) is 0. The van der Waals surface area contributed by atoms with Gasteiger partial charge in [0.1, 0.15) is 18.5 Å². The fourth-order valence-corrected chi connectivity index (χ4v) is 8.17. The number of Topliss-reactive ketones (excluding diaryl/α,β-unsaturated/α-hetero) is 1. The van der Waals surface area contributed by atoms with Crippen molar-refractivity contribution in [1.29, 1.82) is 0 Å². The summed E-state index contributed by atoms with van der Waals surface area (Å²) >= 11 is 0. The van der Waals surface area contributed by atoms with Gasteiger partial charge in [-0.1, -0.05) is 136 Å². The van der Waals surface area contributed by atoms with E-state index >= 15 is 0 Å². The number of unbranched alkanes of at least 4 members (excludes halogenated alkanes) is 14. The highest BCUT2D eigenvalue weighted by Gasteiger charge is 2.39. The summed E-state index contributed by atoms with van der Waals surface area (Å²) in [7, 11) is -9.75. The maximum Gasteiger partial charge on any atom is 0.472 e. The average molecular weight is 901 g/mol. The first kappa shape index (κ1) is 56.5. The number of hydrogen-bond donors (Lipinski definition) is 6. The standard InChI is InChI=1S/C42H78O16P2/c1-4-5-16-22-34(43)26-27-38-37(39(45)28-40(38)46)23-18-14-15-19-24-41(47)54-31-36(32-57-60(52,53)56-30-35(44)29-55-59(49,50)51)58-42(48)25-20-13-11-9-7-6-8-10-12-17-21-33(2)3/h26-27,33-38,40,43-44,46H,4-25,28-32H2,1-3H3,(H,52,53)(H2,49,50,51)/b27-26+/t34-,35-,36+,37+,38+,40+/m0/s1. The molecule has 0 spiro atoms. The Hall–Kier alpha value is -1.55. The first-order chi connectivity index (χ1) is 28.4. The lowest BCUT2D eigenvalue weighted by Gasteiger charge is -2.20. The summed E-state index contributed by atoms with van der Waals surface area (Å²) in [6, 6.07) is 0. The molecule has 1 aliphatic rings. The Kier molecular flexibility index (Phi) is 31.1. The highest BCUT2D eigenvalue weighted by molar-refractivity contribution is 7.47. The zero-order valence-electron chi connectivity index (χ0n) is 36.4. The van der Waals surface area contributed by atoms with Crippen molar-refractivity contribution < 1.29 is 76.6 Å². The second-order valence-electron chi connectivity index (χ2n) is 16.6. The normalized spacial score (nSPS) is 19.8. The minimum atomic E-state index is -4.89. The van der Waals surface area contributed by atoms with Gasteiger partial charge in [0.05, 0.1) is 32.0 Å². The van der Waals surface area contributed by atoms with Crippen LogP contribution in [0.2, 0.25) is 0 Å². The molecule has 0 aromatic rings. The highest BCUT2D eigenvalue weighted by atomic mass is 31.2. The molecule has 0 heterocycles. The van der Waals surface area contributed by atoms with Gasteiger partial charge in [-0.2, -0.15) is 0 Å². The smallest absolute Gasteiger partial charge is 0.462 e. The number of ketones is 1. The van der Waals surface area contributed by atoms with Crippen LogP contribution in [0.1, 0.15) is 168 Å². The maximum atomic E-state index is 12.7. The molecule has 0 aliphatic heterocycles. The van der Waals surface area contributed by atoms with E-state index in [0.717, 1.165) is 57.3 Å². The zero-order chi connectivity index (χ0) is 44.8. The third kappa shape index (κ3) is 30.5. The average Bonchev–Trinajstić information content (AvgIpc) is 3.45. The van der Waals surface area contributed by atoms with Gasteiger partial charge < -0.3 is 39.5 Å². The third-order valence-electron chi connectivity index (χ3n) is 10.5. The molecule has 1 aliphatic carbocycles. The molecule has 6 N–H and O–H groups in total. The Balaban J connectivity index is 2.53. The molecule has 60 heavy (non-hydrogen) atoms. The number of carbonyl (C=O) groups excluding carboxylic acids is 3. The van der Waals surface area contributed by atoms with E-state index < -0.39 is 78.4 Å². The first-order valence-electron chi connectivity index (χ1n) is 22.3. The van der Waals surface area contributed by atoms with E-state index in [2.05, 4.69) is 29.8 Å². The molecule has 0 saturated heterocycles. The Morgan fingerprint density at radius 3 is 1.85 bits per heavy atom. The van der Waals surface area contributed by atoms with E-state index in [0.29, 0.717) is 38.5 Å². The van der Waals surface area contributed by atoms with E-state index in [4.69, 9.17) is 23.8 Å². The number of carbonyl (C=O) groups is 3. The number of hydrogen-bond acceptors (Lipinski definition) is 13. The van der Waals surface area contributed by atoms with Crippen LogP contribution in [0.5, 0.6) is 0 Å². The van der Waals surface area contributed by atoms with Crippen molar-refractivity contribution in [1.82, 2.24) is 0 Å². The van der Waals surface area contributed by atoms with Gasteiger partial charge in [0, 0.05) is 31.1 Å². The SMILES string of the molecule is CCCCC[C@H](O)/C=C/[C@H]1[C@H](O)CC(=O)[C@@H]1CCCCCCC(=O)OC[C@H](COP(=O)(O)OC[C@@H](O)COP(=O)(O)O)OC(=O)CCCCCCCCCCCCC(C)C. The molecular formula is C42H78O16P2. The lowest BCUT2D eigenvalue weighted by Crippen LogP contribution is -2.30. The molecule has 352 valence electrons. The van der Waals surface area contributed by atoms with Gasteiger partial charge in [-0.25, -0.2) is 9.13 Å². The van der Waals surface area contributed by atoms with Gasteiger partial charge in [-0.05, 0) is 31.6 Å². The lowest BCUT2D eigenvalue weighted by atomic mass is 9.88. The third-order valence-corrected chi connectivity index (χ3v) is 11.9. The molecule has 0 amide bonds. The summed E-state index contributed by atoms with van der Waals surface area (Å²) < 4.78 is 47.8. The number of phosphoric acid groups is 2. The first-order valence-corrected chi connectivity index (χ1v) is 25.4. The van der Waals surface area contributed by atoms with Gasteiger partial charge in [-0.15, -0.1) is 0 Å². The summed E-state index contributed by atoms with van der Waals surface area (Å²) in [6.45, 7) is 3.68. The van der Waals surface area contributed by atoms with Crippen molar-refractivity contribution in [3.8, 4) is 0 Å². The van der Waals surface area contributed by atoms with Crippen LogP contribution in [-0.4, -0.2) is 98.6 Å². The van der Waals surface area contributed by atoms with Gasteiger partial charge in [0.15, 0.2) is 6.10 Å². The Morgan fingerprint density at radius 2 is 1.25 bits per heavy atom. The molecule has 18 heteroatoms. The quantitative estimate of drug-likeness (QED) is 0.0150. The minimum absolute atomic E-state index is 0.0128. The number of aliphatic hydroxyl groups is 3. The van der Waals surface area contributed by atoms with Crippen LogP contribution in [-0.2, 0) is 46.6 Å². The molecule has 1 rings (SSSR count). The van der Waals surface area contributed by atoms with Gasteiger partial charge in [0.2, 0.25) is 0 Å². The molecule has 0 bridgehead atoms. The molecule has 0 aromatic carbocycles. The Morgan fingerprint density at radius 1 is 0.717 bits per heavy atom. The number of phosphoric ester groups is 2. The molecule has 0 aromatic heterocycles. The van der Waals surface area contributed by atoms with Crippen LogP contribution in [0.25, 0.3) is 0 Å².